The highest BCUT2D eigenvalue weighted by Crippen LogP contribution is 2.33. The van der Waals surface area contributed by atoms with E-state index in [-0.39, 0.29) is 5.82 Å². The fourth-order valence-electron chi connectivity index (χ4n) is 3.72. The minimum Gasteiger partial charge on any atom is -0.424 e. The van der Waals surface area contributed by atoms with Crippen molar-refractivity contribution < 1.29 is 13.9 Å². The Balaban J connectivity index is 1.80. The molecule has 0 saturated heterocycles. The molecule has 0 aliphatic heterocycles. The Morgan fingerprint density at radius 1 is 1.07 bits per heavy atom. The number of carbonyl (C=O) groups excluding carboxylic acids is 1. The Morgan fingerprint density at radius 3 is 2.59 bits per heavy atom. The van der Waals surface area contributed by atoms with Gasteiger partial charge in [0.25, 0.3) is 0 Å². The number of halogens is 1. The summed E-state index contributed by atoms with van der Waals surface area (Å²) in [7, 11) is 0. The van der Waals surface area contributed by atoms with Gasteiger partial charge in [-0.15, -0.1) is 0 Å². The summed E-state index contributed by atoms with van der Waals surface area (Å²) >= 11 is 0. The van der Waals surface area contributed by atoms with Crippen LogP contribution in [0.15, 0.2) is 54.7 Å². The van der Waals surface area contributed by atoms with E-state index < -0.39 is 5.97 Å². The molecule has 0 amide bonds. The normalized spacial score (nSPS) is 11.6. The van der Waals surface area contributed by atoms with E-state index in [2.05, 4.69) is 0 Å². The molecule has 3 aromatic heterocycles. The summed E-state index contributed by atoms with van der Waals surface area (Å²) in [4.78, 5) is 21.3. The zero-order chi connectivity index (χ0) is 20.1. The summed E-state index contributed by atoms with van der Waals surface area (Å²) < 4.78 is 22.6. The van der Waals surface area contributed by atoms with Crippen LogP contribution in [0.3, 0.4) is 0 Å². The first-order chi connectivity index (χ1) is 14.0. The van der Waals surface area contributed by atoms with E-state index >= 15 is 0 Å². The Bertz CT molecular complexity index is 1400. The molecule has 0 aliphatic rings. The molecule has 0 atom stereocenters. The van der Waals surface area contributed by atoms with Gasteiger partial charge in [0.1, 0.15) is 22.7 Å². The van der Waals surface area contributed by atoms with Crippen LogP contribution in [0.4, 0.5) is 4.39 Å². The number of hydrogen-bond donors (Lipinski definition) is 0. The molecule has 2 aromatic carbocycles. The molecule has 0 unspecified atom stereocenters. The van der Waals surface area contributed by atoms with Crippen molar-refractivity contribution in [2.24, 2.45) is 0 Å². The number of ether oxygens (including phenoxy) is 1. The number of nitrogens with zero attached hydrogens (tertiary/aromatic N) is 4. The molecular weight excluding hydrogens is 371 g/mol. The monoisotopic (exact) mass is 388 g/mol. The second-order valence-corrected chi connectivity index (χ2v) is 6.96. The predicted octanol–water partition coefficient (Wildman–Crippen LogP) is 4.26. The van der Waals surface area contributed by atoms with Crippen LogP contribution in [-0.4, -0.2) is 24.9 Å². The quantitative estimate of drug-likeness (QED) is 0.433. The van der Waals surface area contributed by atoms with Crippen molar-refractivity contribution in [3.8, 4) is 5.75 Å². The average molecular weight is 388 g/mol. The van der Waals surface area contributed by atoms with Crippen LogP contribution < -0.4 is 4.74 Å². The topological polar surface area (TPSA) is 61.4 Å². The number of esters is 1. The second kappa shape index (κ2) is 6.41. The number of aryl methyl sites for hydroxylation is 1. The fourth-order valence-corrected chi connectivity index (χ4v) is 3.72. The summed E-state index contributed by atoms with van der Waals surface area (Å²) in [6.45, 7) is 3.74. The lowest BCUT2D eigenvalue weighted by Crippen LogP contribution is -2.03. The molecule has 0 radical (unpaired) electrons. The van der Waals surface area contributed by atoms with Crippen molar-refractivity contribution >= 4 is 33.7 Å². The number of carbonyl (C=O) groups is 1. The van der Waals surface area contributed by atoms with Crippen molar-refractivity contribution in [2.75, 3.05) is 0 Å². The van der Waals surface area contributed by atoms with E-state index in [1.165, 1.54) is 19.1 Å². The van der Waals surface area contributed by atoms with Gasteiger partial charge in [0.05, 0.1) is 11.0 Å². The van der Waals surface area contributed by atoms with E-state index in [1.807, 2.05) is 40.2 Å². The molecule has 0 fully saturated rings. The van der Waals surface area contributed by atoms with Crippen LogP contribution in [0, 0.1) is 12.7 Å². The van der Waals surface area contributed by atoms with Crippen molar-refractivity contribution in [2.45, 2.75) is 20.4 Å². The zero-order valence-electron chi connectivity index (χ0n) is 15.9. The lowest BCUT2D eigenvalue weighted by molar-refractivity contribution is -0.131. The third kappa shape index (κ3) is 2.82. The first kappa shape index (κ1) is 17.4. The van der Waals surface area contributed by atoms with Crippen LogP contribution in [0.1, 0.15) is 18.3 Å². The fraction of sp³-hybridized carbons (Fsp3) is 0.136. The first-order valence-corrected chi connectivity index (χ1v) is 9.21. The number of imidazole rings is 1. The van der Waals surface area contributed by atoms with Gasteiger partial charge in [-0.05, 0) is 36.8 Å². The molecule has 5 rings (SSSR count). The number of fused-ring (bicyclic) bond motifs is 5. The van der Waals surface area contributed by atoms with Gasteiger partial charge in [-0.3, -0.25) is 9.20 Å². The van der Waals surface area contributed by atoms with Crippen LogP contribution in [0.5, 0.6) is 5.75 Å². The number of aromatic nitrogens is 4. The zero-order valence-corrected chi connectivity index (χ0v) is 15.9. The van der Waals surface area contributed by atoms with Crippen LogP contribution in [0.2, 0.25) is 0 Å². The van der Waals surface area contributed by atoms with Crippen LogP contribution in [-0.2, 0) is 11.3 Å². The molecular formula is C22H17FN4O2. The molecule has 0 saturated carbocycles. The van der Waals surface area contributed by atoms with Crippen LogP contribution in [0.25, 0.3) is 27.7 Å². The van der Waals surface area contributed by atoms with Gasteiger partial charge in [0.2, 0.25) is 0 Å². The molecule has 6 nitrogen and oxygen atoms in total. The number of rotatable bonds is 3. The summed E-state index contributed by atoms with van der Waals surface area (Å²) in [5.74, 6) is 0.476. The second-order valence-electron chi connectivity index (χ2n) is 6.96. The predicted molar refractivity (Wildman–Crippen MR) is 108 cm³/mol. The van der Waals surface area contributed by atoms with Gasteiger partial charge in [-0.2, -0.15) is 0 Å². The van der Waals surface area contributed by atoms with Gasteiger partial charge in [0, 0.05) is 19.7 Å². The van der Waals surface area contributed by atoms with E-state index in [9.17, 15) is 9.18 Å². The van der Waals surface area contributed by atoms with Crippen molar-refractivity contribution in [1.82, 2.24) is 18.9 Å². The van der Waals surface area contributed by atoms with Gasteiger partial charge in [-0.1, -0.05) is 24.3 Å². The molecule has 3 heterocycles. The first-order valence-electron chi connectivity index (χ1n) is 9.21. The Labute approximate surface area is 165 Å². The average Bonchev–Trinajstić information content (AvgIpc) is 3.22. The van der Waals surface area contributed by atoms with E-state index in [1.54, 1.807) is 18.3 Å². The van der Waals surface area contributed by atoms with Crippen molar-refractivity contribution in [3.05, 3.63) is 71.9 Å². The van der Waals surface area contributed by atoms with E-state index in [0.29, 0.717) is 29.0 Å². The van der Waals surface area contributed by atoms with Gasteiger partial charge < -0.3 is 9.30 Å². The maximum Gasteiger partial charge on any atom is 0.308 e. The molecule has 0 bridgehead atoms. The highest BCUT2D eigenvalue weighted by Gasteiger charge is 2.20. The molecule has 7 heteroatoms. The highest BCUT2D eigenvalue weighted by atomic mass is 19.1. The summed E-state index contributed by atoms with van der Waals surface area (Å²) in [6, 6.07) is 14.1. The standard InChI is InChI=1S/C22H17FN4O2/c1-13-24-21-20(22-25-17-5-3-4-6-18(17)27(13)22)19(29-14(2)28)12-26(21)11-15-7-9-16(23)10-8-15/h3-10,12H,11H2,1-2H3. The number of hydrogen-bond acceptors (Lipinski definition) is 4. The molecule has 144 valence electrons. The molecule has 0 spiro atoms. The summed E-state index contributed by atoms with van der Waals surface area (Å²) in [5, 5.41) is 0.670. The summed E-state index contributed by atoms with van der Waals surface area (Å²) in [5.41, 5.74) is 4.03. The summed E-state index contributed by atoms with van der Waals surface area (Å²) in [6.07, 6.45) is 1.75. The maximum atomic E-state index is 13.3. The Morgan fingerprint density at radius 2 is 1.83 bits per heavy atom. The third-order valence-corrected chi connectivity index (χ3v) is 4.91. The minimum absolute atomic E-state index is 0.286. The van der Waals surface area contributed by atoms with Crippen LogP contribution >= 0.6 is 0 Å². The molecule has 0 aliphatic carbocycles. The van der Waals surface area contributed by atoms with Gasteiger partial charge >= 0.3 is 5.97 Å². The maximum absolute atomic E-state index is 13.3. The lowest BCUT2D eigenvalue weighted by Gasteiger charge is -2.07. The van der Waals surface area contributed by atoms with Crippen molar-refractivity contribution in [1.29, 1.82) is 0 Å². The molecule has 29 heavy (non-hydrogen) atoms. The minimum atomic E-state index is -0.416. The third-order valence-electron chi connectivity index (χ3n) is 4.91. The Kier molecular flexibility index (Phi) is 3.84. The highest BCUT2D eigenvalue weighted by molar-refractivity contribution is 6.00. The van der Waals surface area contributed by atoms with E-state index in [4.69, 9.17) is 14.7 Å². The Hall–Kier alpha value is -3.74. The number of para-hydroxylation sites is 2. The number of benzene rings is 2. The largest absolute Gasteiger partial charge is 0.424 e. The SMILES string of the molecule is CC(=O)Oc1cn(Cc2ccc(F)cc2)c2nc(C)n3c4ccccc4nc3c12. The van der Waals surface area contributed by atoms with Crippen molar-refractivity contribution in [3.63, 3.8) is 0 Å². The van der Waals surface area contributed by atoms with E-state index in [0.717, 1.165) is 22.4 Å². The molecule has 5 aromatic rings. The smallest absolute Gasteiger partial charge is 0.308 e. The van der Waals surface area contributed by atoms with Gasteiger partial charge in [0.15, 0.2) is 11.4 Å². The molecule has 0 N–H and O–H groups in total. The van der Waals surface area contributed by atoms with Gasteiger partial charge in [-0.25, -0.2) is 14.4 Å². The lowest BCUT2D eigenvalue weighted by atomic mass is 10.2.